The molecular weight excluding hydrogens is 196 g/mol. The molecule has 78 valence electrons. The third-order valence-electron chi connectivity index (χ3n) is 1.80. The van der Waals surface area contributed by atoms with Crippen molar-refractivity contribution in [3.8, 4) is 0 Å². The Kier molecular flexibility index (Phi) is 4.35. The number of rotatable bonds is 4. The standard InChI is InChI=1S/C10H16N2OS/c1-7-6-10(12-9(3)11-7)14-8(2)4-5-13/h6,8,13H,4-5H2,1-3H3. The molecule has 1 aromatic heterocycles. The van der Waals surface area contributed by atoms with Gasteiger partial charge in [0.2, 0.25) is 0 Å². The number of aryl methyl sites for hydroxylation is 2. The average molecular weight is 212 g/mol. The van der Waals surface area contributed by atoms with E-state index >= 15 is 0 Å². The zero-order valence-corrected chi connectivity index (χ0v) is 9.64. The van der Waals surface area contributed by atoms with Gasteiger partial charge in [0.25, 0.3) is 0 Å². The highest BCUT2D eigenvalue weighted by molar-refractivity contribution is 7.99. The van der Waals surface area contributed by atoms with Gasteiger partial charge in [0.15, 0.2) is 0 Å². The number of aliphatic hydroxyl groups is 1. The van der Waals surface area contributed by atoms with Crippen LogP contribution >= 0.6 is 11.8 Å². The molecule has 14 heavy (non-hydrogen) atoms. The Morgan fingerprint density at radius 3 is 2.71 bits per heavy atom. The lowest BCUT2D eigenvalue weighted by Crippen LogP contribution is -2.01. The molecule has 0 spiro atoms. The summed E-state index contributed by atoms with van der Waals surface area (Å²) >= 11 is 1.69. The summed E-state index contributed by atoms with van der Waals surface area (Å²) in [6.45, 7) is 6.19. The molecule has 0 aliphatic carbocycles. The average Bonchev–Trinajstić information content (AvgIpc) is 2.01. The molecule has 3 nitrogen and oxygen atoms in total. The third kappa shape index (κ3) is 3.64. The van der Waals surface area contributed by atoms with E-state index in [1.165, 1.54) is 0 Å². The van der Waals surface area contributed by atoms with Crippen LogP contribution in [0.25, 0.3) is 0 Å². The summed E-state index contributed by atoms with van der Waals surface area (Å²) in [5.74, 6) is 0.809. The zero-order valence-electron chi connectivity index (χ0n) is 8.82. The van der Waals surface area contributed by atoms with Crippen LogP contribution in [0.15, 0.2) is 11.1 Å². The van der Waals surface area contributed by atoms with Gasteiger partial charge < -0.3 is 5.11 Å². The van der Waals surface area contributed by atoms with Crippen molar-refractivity contribution < 1.29 is 5.11 Å². The van der Waals surface area contributed by atoms with Gasteiger partial charge in [-0.3, -0.25) is 0 Å². The Bertz CT molecular complexity index is 284. The molecule has 0 radical (unpaired) electrons. The van der Waals surface area contributed by atoms with E-state index in [4.69, 9.17) is 5.11 Å². The topological polar surface area (TPSA) is 46.0 Å². The second kappa shape index (κ2) is 5.32. The third-order valence-corrected chi connectivity index (χ3v) is 2.89. The number of hydrogen-bond acceptors (Lipinski definition) is 4. The monoisotopic (exact) mass is 212 g/mol. The number of hydrogen-bond donors (Lipinski definition) is 1. The Morgan fingerprint density at radius 1 is 1.43 bits per heavy atom. The van der Waals surface area contributed by atoms with Crippen LogP contribution in [0.3, 0.4) is 0 Å². The van der Waals surface area contributed by atoms with E-state index in [1.54, 1.807) is 11.8 Å². The van der Waals surface area contributed by atoms with Gasteiger partial charge in [0.05, 0.1) is 0 Å². The lowest BCUT2D eigenvalue weighted by atomic mass is 10.3. The summed E-state index contributed by atoms with van der Waals surface area (Å²) < 4.78 is 0. The van der Waals surface area contributed by atoms with E-state index in [9.17, 15) is 0 Å². The van der Waals surface area contributed by atoms with Crippen molar-refractivity contribution in [1.29, 1.82) is 0 Å². The molecule has 0 fully saturated rings. The van der Waals surface area contributed by atoms with Crippen LogP contribution in [0, 0.1) is 13.8 Å². The highest BCUT2D eigenvalue weighted by Gasteiger charge is 2.06. The molecule has 1 heterocycles. The summed E-state index contributed by atoms with van der Waals surface area (Å²) in [6.07, 6.45) is 0.798. The second-order valence-corrected chi connectivity index (χ2v) is 4.79. The van der Waals surface area contributed by atoms with Crippen molar-refractivity contribution in [3.05, 3.63) is 17.6 Å². The summed E-state index contributed by atoms with van der Waals surface area (Å²) in [4.78, 5) is 8.54. The summed E-state index contributed by atoms with van der Waals surface area (Å²) in [7, 11) is 0. The zero-order chi connectivity index (χ0) is 10.6. The maximum Gasteiger partial charge on any atom is 0.126 e. The molecule has 0 amide bonds. The minimum Gasteiger partial charge on any atom is -0.396 e. The fourth-order valence-corrected chi connectivity index (χ4v) is 2.25. The predicted molar refractivity (Wildman–Crippen MR) is 58.5 cm³/mol. The van der Waals surface area contributed by atoms with E-state index in [2.05, 4.69) is 16.9 Å². The van der Waals surface area contributed by atoms with Crippen LogP contribution in [0.5, 0.6) is 0 Å². The first-order valence-corrected chi connectivity index (χ1v) is 5.59. The van der Waals surface area contributed by atoms with Gasteiger partial charge in [-0.15, -0.1) is 11.8 Å². The van der Waals surface area contributed by atoms with Gasteiger partial charge in [-0.05, 0) is 26.3 Å². The SMILES string of the molecule is Cc1cc(SC(C)CCO)nc(C)n1. The predicted octanol–water partition coefficient (Wildman–Crippen LogP) is 1.96. The van der Waals surface area contributed by atoms with Crippen molar-refractivity contribution in [2.75, 3.05) is 6.61 Å². The number of aromatic nitrogens is 2. The molecule has 1 aromatic rings. The largest absolute Gasteiger partial charge is 0.396 e. The second-order valence-electron chi connectivity index (χ2n) is 3.34. The first kappa shape index (κ1) is 11.5. The molecular formula is C10H16N2OS. The molecule has 0 aliphatic rings. The summed E-state index contributed by atoms with van der Waals surface area (Å²) in [6, 6.07) is 1.98. The van der Waals surface area contributed by atoms with Crippen molar-refractivity contribution in [3.63, 3.8) is 0 Å². The highest BCUT2D eigenvalue weighted by atomic mass is 32.2. The van der Waals surface area contributed by atoms with Gasteiger partial charge in [0.1, 0.15) is 10.9 Å². The van der Waals surface area contributed by atoms with Gasteiger partial charge in [-0.25, -0.2) is 9.97 Å². The van der Waals surface area contributed by atoms with Crippen molar-refractivity contribution in [1.82, 2.24) is 9.97 Å². The molecule has 1 atom stereocenters. The number of thioether (sulfide) groups is 1. The van der Waals surface area contributed by atoms with Crippen LogP contribution < -0.4 is 0 Å². The fourth-order valence-electron chi connectivity index (χ4n) is 1.19. The van der Waals surface area contributed by atoms with Crippen molar-refractivity contribution >= 4 is 11.8 Å². The molecule has 4 heteroatoms. The van der Waals surface area contributed by atoms with Gasteiger partial charge in [-0.2, -0.15) is 0 Å². The van der Waals surface area contributed by atoms with Crippen LogP contribution in [0.4, 0.5) is 0 Å². The minimum absolute atomic E-state index is 0.233. The molecule has 1 N–H and O–H groups in total. The highest BCUT2D eigenvalue weighted by Crippen LogP contribution is 2.23. The smallest absolute Gasteiger partial charge is 0.126 e. The maximum atomic E-state index is 8.78. The van der Waals surface area contributed by atoms with Crippen LogP contribution in [0.2, 0.25) is 0 Å². The van der Waals surface area contributed by atoms with Crippen LogP contribution in [-0.2, 0) is 0 Å². The Morgan fingerprint density at radius 2 is 2.14 bits per heavy atom. The summed E-state index contributed by atoms with van der Waals surface area (Å²) in [5, 5.41) is 10.2. The van der Waals surface area contributed by atoms with Gasteiger partial charge >= 0.3 is 0 Å². The van der Waals surface area contributed by atoms with Gasteiger partial charge in [-0.1, -0.05) is 6.92 Å². The first-order chi connectivity index (χ1) is 6.61. The lowest BCUT2D eigenvalue weighted by molar-refractivity contribution is 0.289. The number of aliphatic hydroxyl groups excluding tert-OH is 1. The van der Waals surface area contributed by atoms with E-state index in [1.807, 2.05) is 19.9 Å². The molecule has 1 rings (SSSR count). The molecule has 0 aliphatic heterocycles. The quantitative estimate of drug-likeness (QED) is 0.612. The molecule has 0 saturated carbocycles. The number of nitrogens with zero attached hydrogens (tertiary/aromatic N) is 2. The summed E-state index contributed by atoms with van der Waals surface area (Å²) in [5.41, 5.74) is 0.996. The van der Waals surface area contributed by atoms with Crippen LogP contribution in [0.1, 0.15) is 24.9 Å². The Hall–Kier alpha value is -0.610. The minimum atomic E-state index is 0.233. The van der Waals surface area contributed by atoms with Crippen molar-refractivity contribution in [2.24, 2.45) is 0 Å². The van der Waals surface area contributed by atoms with Crippen LogP contribution in [-0.4, -0.2) is 26.9 Å². The molecule has 1 unspecified atom stereocenters. The first-order valence-electron chi connectivity index (χ1n) is 4.71. The normalized spacial score (nSPS) is 12.9. The Labute approximate surface area is 89.0 Å². The lowest BCUT2D eigenvalue weighted by Gasteiger charge is -2.09. The maximum absolute atomic E-state index is 8.78. The van der Waals surface area contributed by atoms with E-state index in [-0.39, 0.29) is 6.61 Å². The molecule has 0 aromatic carbocycles. The van der Waals surface area contributed by atoms with Gasteiger partial charge in [0, 0.05) is 17.6 Å². The molecule has 0 bridgehead atoms. The van der Waals surface area contributed by atoms with Crippen molar-refractivity contribution in [2.45, 2.75) is 37.5 Å². The molecule has 0 saturated heterocycles. The Balaban J connectivity index is 2.66. The van der Waals surface area contributed by atoms with E-state index in [0.29, 0.717) is 5.25 Å². The van der Waals surface area contributed by atoms with E-state index < -0.39 is 0 Å². The fraction of sp³-hybridized carbons (Fsp3) is 0.600. The van der Waals surface area contributed by atoms with E-state index in [0.717, 1.165) is 23.0 Å².